The fourth-order valence-electron chi connectivity index (χ4n) is 0.611. The fourth-order valence-corrected chi connectivity index (χ4v) is 0.757. The number of pyridine rings is 1. The number of aromatic nitrogens is 1. The van der Waals surface area contributed by atoms with Gasteiger partial charge in [0.1, 0.15) is 0 Å². The maximum atomic E-state index is 10.5. The maximum Gasteiger partial charge on any atom is 0.271 e. The zero-order chi connectivity index (χ0) is 8.43. The lowest BCUT2D eigenvalue weighted by Crippen LogP contribution is -2.12. The molecule has 0 aliphatic rings. The van der Waals surface area contributed by atoms with E-state index in [0.717, 1.165) is 0 Å². The molecule has 1 aromatic rings. The number of nitrogens with two attached hydrogens (primary N) is 1. The molecule has 0 unspecified atom stereocenters. The molecule has 0 aliphatic carbocycles. The van der Waals surface area contributed by atoms with Crippen molar-refractivity contribution in [2.45, 2.75) is 0 Å². The van der Waals surface area contributed by atoms with E-state index in [9.17, 15) is 4.79 Å². The van der Waals surface area contributed by atoms with Gasteiger partial charge in [0.15, 0.2) is 11.4 Å². The molecule has 1 heterocycles. The second-order valence-electron chi connectivity index (χ2n) is 1.85. The molecule has 1 aromatic heterocycles. The first kappa shape index (κ1) is 7.81. The summed E-state index contributed by atoms with van der Waals surface area (Å²) in [5, 5.41) is 9.14. The van der Waals surface area contributed by atoms with E-state index in [2.05, 4.69) is 4.98 Å². The predicted octanol–water partition coefficient (Wildman–Crippen LogP) is 0.539. The molecule has 0 saturated heterocycles. The number of aromatic hydroxyl groups is 1. The minimum atomic E-state index is -0.801. The lowest BCUT2D eigenvalue weighted by Gasteiger charge is -1.98. The van der Waals surface area contributed by atoms with Gasteiger partial charge >= 0.3 is 0 Å². The van der Waals surface area contributed by atoms with E-state index in [1.54, 1.807) is 0 Å². The first-order valence-corrected chi connectivity index (χ1v) is 3.14. The van der Waals surface area contributed by atoms with Gasteiger partial charge in [0.2, 0.25) is 0 Å². The Labute approximate surface area is 67.6 Å². The summed E-state index contributed by atoms with van der Waals surface area (Å²) in [5.74, 6) is -1.17. The summed E-state index contributed by atoms with van der Waals surface area (Å²) >= 11 is 5.46. The lowest BCUT2D eigenvalue weighted by molar-refractivity contribution is 0.0993. The Morgan fingerprint density at radius 2 is 2.36 bits per heavy atom. The van der Waals surface area contributed by atoms with Gasteiger partial charge in [-0.25, -0.2) is 4.98 Å². The van der Waals surface area contributed by atoms with E-state index < -0.39 is 5.91 Å². The number of carbonyl (C=O) groups is 1. The number of rotatable bonds is 1. The molecule has 0 bridgehead atoms. The van der Waals surface area contributed by atoms with Crippen LogP contribution in [0.15, 0.2) is 12.3 Å². The molecule has 0 aromatic carbocycles. The number of nitrogens with zero attached hydrogens (tertiary/aromatic N) is 1. The SMILES string of the molecule is NC(=O)c1nccc(Cl)c1O. The topological polar surface area (TPSA) is 76.2 Å². The van der Waals surface area contributed by atoms with E-state index in [0.29, 0.717) is 0 Å². The number of amides is 1. The average Bonchev–Trinajstić information content (AvgIpc) is 1.94. The number of hydrogen-bond donors (Lipinski definition) is 2. The van der Waals surface area contributed by atoms with Gasteiger partial charge in [0.25, 0.3) is 5.91 Å². The molecule has 0 radical (unpaired) electrons. The van der Waals surface area contributed by atoms with Crippen molar-refractivity contribution in [2.24, 2.45) is 5.73 Å². The van der Waals surface area contributed by atoms with Crippen LogP contribution < -0.4 is 5.73 Å². The molecule has 5 heteroatoms. The Morgan fingerprint density at radius 1 is 1.73 bits per heavy atom. The number of primary amides is 1. The van der Waals surface area contributed by atoms with Gasteiger partial charge in [0, 0.05) is 6.20 Å². The van der Waals surface area contributed by atoms with Crippen molar-refractivity contribution in [1.82, 2.24) is 4.98 Å². The van der Waals surface area contributed by atoms with Gasteiger partial charge in [0.05, 0.1) is 5.02 Å². The second kappa shape index (κ2) is 2.75. The van der Waals surface area contributed by atoms with Crippen LogP contribution in [0.3, 0.4) is 0 Å². The minimum absolute atomic E-state index is 0.0637. The van der Waals surface area contributed by atoms with Crippen molar-refractivity contribution >= 4 is 17.5 Å². The molecule has 0 spiro atoms. The zero-order valence-electron chi connectivity index (χ0n) is 5.41. The van der Waals surface area contributed by atoms with Crippen LogP contribution in [0, 0.1) is 0 Å². The molecule has 1 amide bonds. The first-order valence-electron chi connectivity index (χ1n) is 2.76. The van der Waals surface area contributed by atoms with Gasteiger partial charge < -0.3 is 10.8 Å². The molecular formula is C6H5ClN2O2. The average molecular weight is 173 g/mol. The van der Waals surface area contributed by atoms with E-state index in [4.69, 9.17) is 22.4 Å². The standard InChI is InChI=1S/C6H5ClN2O2/c7-3-1-2-9-4(5(3)10)6(8)11/h1-2,10H,(H2,8,11). The van der Waals surface area contributed by atoms with Crippen molar-refractivity contribution in [3.05, 3.63) is 23.0 Å². The van der Waals surface area contributed by atoms with Crippen molar-refractivity contribution in [1.29, 1.82) is 0 Å². The predicted molar refractivity (Wildman–Crippen MR) is 39.4 cm³/mol. The van der Waals surface area contributed by atoms with Crippen molar-refractivity contribution in [3.8, 4) is 5.75 Å². The van der Waals surface area contributed by atoms with Crippen LogP contribution >= 0.6 is 11.6 Å². The molecule has 11 heavy (non-hydrogen) atoms. The summed E-state index contributed by atoms with van der Waals surface area (Å²) in [7, 11) is 0. The summed E-state index contributed by atoms with van der Waals surface area (Å²) in [6.07, 6.45) is 1.29. The molecule has 0 saturated carbocycles. The van der Waals surface area contributed by atoms with Crippen LogP contribution in [0.1, 0.15) is 10.5 Å². The van der Waals surface area contributed by atoms with E-state index in [1.165, 1.54) is 12.3 Å². The fraction of sp³-hybridized carbons (Fsp3) is 0. The van der Waals surface area contributed by atoms with Crippen molar-refractivity contribution < 1.29 is 9.90 Å². The maximum absolute atomic E-state index is 10.5. The van der Waals surface area contributed by atoms with Crippen LogP contribution in [0.2, 0.25) is 5.02 Å². The van der Waals surface area contributed by atoms with Gasteiger partial charge in [-0.2, -0.15) is 0 Å². The summed E-state index contributed by atoms with van der Waals surface area (Å²) in [4.78, 5) is 14.0. The molecule has 4 nitrogen and oxygen atoms in total. The number of hydrogen-bond acceptors (Lipinski definition) is 3. The molecule has 3 N–H and O–H groups in total. The second-order valence-corrected chi connectivity index (χ2v) is 2.26. The van der Waals surface area contributed by atoms with Crippen LogP contribution in [0.25, 0.3) is 0 Å². The summed E-state index contributed by atoms with van der Waals surface area (Å²) in [6, 6.07) is 1.36. The molecule has 1 rings (SSSR count). The molecular weight excluding hydrogens is 168 g/mol. The highest BCUT2D eigenvalue weighted by Crippen LogP contribution is 2.24. The smallest absolute Gasteiger partial charge is 0.271 e. The van der Waals surface area contributed by atoms with Gasteiger partial charge in [-0.3, -0.25) is 4.79 Å². The van der Waals surface area contributed by atoms with Crippen LogP contribution in [0.5, 0.6) is 5.75 Å². The highest BCUT2D eigenvalue weighted by molar-refractivity contribution is 6.32. The normalized spacial score (nSPS) is 9.55. The largest absolute Gasteiger partial charge is 0.504 e. The highest BCUT2D eigenvalue weighted by atomic mass is 35.5. The van der Waals surface area contributed by atoms with Crippen LogP contribution in [-0.2, 0) is 0 Å². The molecule has 0 fully saturated rings. The van der Waals surface area contributed by atoms with Crippen molar-refractivity contribution in [2.75, 3.05) is 0 Å². The Kier molecular flexibility index (Phi) is 1.96. The van der Waals surface area contributed by atoms with Crippen LogP contribution in [-0.4, -0.2) is 16.0 Å². The number of carbonyl (C=O) groups excluding carboxylic acids is 1. The quantitative estimate of drug-likeness (QED) is 0.649. The Balaban J connectivity index is 3.27. The Bertz CT molecular complexity index is 301. The first-order chi connectivity index (χ1) is 5.13. The number of halogens is 1. The molecule has 0 aliphatic heterocycles. The lowest BCUT2D eigenvalue weighted by atomic mass is 10.3. The third-order valence-electron chi connectivity index (χ3n) is 1.11. The van der Waals surface area contributed by atoms with E-state index in [1.807, 2.05) is 0 Å². The third-order valence-corrected chi connectivity index (χ3v) is 1.41. The van der Waals surface area contributed by atoms with E-state index >= 15 is 0 Å². The van der Waals surface area contributed by atoms with Gasteiger partial charge in [-0.15, -0.1) is 0 Å². The highest BCUT2D eigenvalue weighted by Gasteiger charge is 2.10. The van der Waals surface area contributed by atoms with Crippen molar-refractivity contribution in [3.63, 3.8) is 0 Å². The summed E-state index contributed by atoms with van der Waals surface area (Å²) in [5.41, 5.74) is 4.65. The Hall–Kier alpha value is -1.29. The van der Waals surface area contributed by atoms with Crippen LogP contribution in [0.4, 0.5) is 0 Å². The minimum Gasteiger partial charge on any atom is -0.504 e. The summed E-state index contributed by atoms with van der Waals surface area (Å²) < 4.78 is 0. The van der Waals surface area contributed by atoms with Gasteiger partial charge in [-0.05, 0) is 6.07 Å². The summed E-state index contributed by atoms with van der Waals surface area (Å²) in [6.45, 7) is 0. The third kappa shape index (κ3) is 1.40. The molecule has 0 atom stereocenters. The van der Waals surface area contributed by atoms with E-state index in [-0.39, 0.29) is 16.5 Å². The zero-order valence-corrected chi connectivity index (χ0v) is 6.17. The molecule has 58 valence electrons. The Morgan fingerprint density at radius 3 is 2.82 bits per heavy atom. The van der Waals surface area contributed by atoms with Gasteiger partial charge in [-0.1, -0.05) is 11.6 Å². The monoisotopic (exact) mass is 172 g/mol.